The van der Waals surface area contributed by atoms with E-state index in [4.69, 9.17) is 4.74 Å². The first-order valence-corrected chi connectivity index (χ1v) is 29.7. The van der Waals surface area contributed by atoms with Gasteiger partial charge in [0, 0.05) is 66.2 Å². The van der Waals surface area contributed by atoms with Crippen LogP contribution in [0, 0.1) is 17.8 Å². The number of hydrogen-bond acceptors (Lipinski definition) is 13. The molecule has 3 rings (SSSR count). The number of hydrogen-bond donors (Lipinski definition) is 5. The molecule has 2 aliphatic heterocycles. The summed E-state index contributed by atoms with van der Waals surface area (Å²) in [4.78, 5) is 152. The molecule has 81 heavy (non-hydrogen) atoms. The monoisotopic (exact) mass is 1160 g/mol. The minimum absolute atomic E-state index is 0. The van der Waals surface area contributed by atoms with Crippen molar-refractivity contribution in [3.63, 3.8) is 0 Å². The van der Waals surface area contributed by atoms with Crippen LogP contribution in [-0.2, 0) is 59.1 Å². The van der Waals surface area contributed by atoms with Crippen LogP contribution >= 0.6 is 11.8 Å². The highest BCUT2D eigenvalue weighted by Gasteiger charge is 2.42. The molecule has 2 heterocycles. The largest absolute Gasteiger partial charge is 0.391 e. The molecule has 23 heteroatoms. The summed E-state index contributed by atoms with van der Waals surface area (Å²) in [5.41, 5.74) is -0.104. The van der Waals surface area contributed by atoms with Gasteiger partial charge in [-0.15, -0.1) is 11.8 Å². The average Bonchev–Trinajstić information content (AvgIpc) is 3.59. The van der Waals surface area contributed by atoms with E-state index in [9.17, 15) is 53.1 Å². The topological polar surface area (TPSA) is 268 Å². The second-order valence-electron chi connectivity index (χ2n) is 23.8. The summed E-state index contributed by atoms with van der Waals surface area (Å²) < 4.78 is 6.10. The molecule has 0 aliphatic carbocycles. The fourth-order valence-corrected chi connectivity index (χ4v) is 10.6. The lowest BCUT2D eigenvalue weighted by Crippen LogP contribution is -2.62. The maximum Gasteiger partial charge on any atom is 0.248 e. The molecule has 2 fully saturated rings. The fourth-order valence-electron chi connectivity index (χ4n) is 9.68. The predicted molar refractivity (Wildman–Crippen MR) is 319 cm³/mol. The average molecular weight is 1170 g/mol. The van der Waals surface area contributed by atoms with Gasteiger partial charge in [-0.1, -0.05) is 78.3 Å². The molecular weight excluding hydrogens is 1060 g/mol. The van der Waals surface area contributed by atoms with E-state index in [2.05, 4.69) is 21.3 Å². The quantitative estimate of drug-likeness (QED) is 0.202. The lowest BCUT2D eigenvalue weighted by atomic mass is 9.95. The molecule has 1 aromatic rings. The number of nitrogens with one attached hydrogen (secondary N) is 4. The molecule has 5 N–H and O–H groups in total. The van der Waals surface area contributed by atoms with Gasteiger partial charge < -0.3 is 60.5 Å². The molecule has 464 valence electrons. The van der Waals surface area contributed by atoms with Crippen molar-refractivity contribution >= 4 is 70.8 Å². The van der Waals surface area contributed by atoms with E-state index in [1.54, 1.807) is 62.9 Å². The summed E-state index contributed by atoms with van der Waals surface area (Å²) in [6.45, 7) is 19.2. The van der Waals surface area contributed by atoms with Crippen LogP contribution in [0.3, 0.4) is 0 Å². The lowest BCUT2D eigenvalue weighted by molar-refractivity contribution is -0.149. The van der Waals surface area contributed by atoms with Crippen LogP contribution in [0.15, 0.2) is 30.3 Å². The molecule has 0 radical (unpaired) electrons. The third-order valence-corrected chi connectivity index (χ3v) is 16.0. The van der Waals surface area contributed by atoms with Gasteiger partial charge in [-0.05, 0) is 90.0 Å². The normalized spacial score (nSPS) is 26.1. The van der Waals surface area contributed by atoms with Crippen LogP contribution < -0.4 is 21.3 Å². The second-order valence-corrected chi connectivity index (χ2v) is 24.9. The van der Waals surface area contributed by atoms with Gasteiger partial charge in [0.15, 0.2) is 0 Å². The van der Waals surface area contributed by atoms with Crippen molar-refractivity contribution in [1.29, 1.82) is 0 Å². The maximum absolute atomic E-state index is 14.9. The Kier molecular flexibility index (Phi) is 27.6. The molecule has 0 spiro atoms. The minimum atomic E-state index is -1.60. The minimum Gasteiger partial charge on any atom is -0.391 e. The van der Waals surface area contributed by atoms with Crippen LogP contribution in [-0.4, -0.2) is 227 Å². The molecule has 2 aliphatic rings. The van der Waals surface area contributed by atoms with E-state index in [1.165, 1.54) is 68.7 Å². The van der Waals surface area contributed by atoms with Gasteiger partial charge >= 0.3 is 0 Å². The molecule has 10 atom stereocenters. The molecule has 0 saturated carbocycles. The number of likely N-dealkylation sites (N-methyl/N-ethyl adjacent to an activating group) is 5. The summed E-state index contributed by atoms with van der Waals surface area (Å²) in [5, 5.41) is 22.3. The molecule has 10 amide bonds. The molecule has 0 unspecified atom stereocenters. The standard InChI is InChI=1S/C58H96N10O12S.4H2/c1-17-37(6)49-53(75)61-43(56(78)68-26-22-19-23-27-68)33-81-34-47(71)64(13)38(7)50(72)59-41(30-40-24-20-18-21-25-40)54(76)66(15)45(29-36(4)5)52(74)62-48(39(8)69)57(79)63(12)31-46(70)65(14)44(28-35(2)3)51(73)60-42(55(77)67(49)16)32-80-58(9,10)11;;;;/h18,20-21,24-25,35-39,41-45,48-49,69H,17,19,22-23,26-34H2,1-16H3,(H,59,72)(H,60,73)(H,61,75)(H,62,74);4*1H/t37-,38-,39+,41-,42-,43-,44-,45-,48-,49-;;;;/m0..../s1. The van der Waals surface area contributed by atoms with Crippen molar-refractivity contribution in [2.75, 3.05) is 73.0 Å². The Labute approximate surface area is 491 Å². The summed E-state index contributed by atoms with van der Waals surface area (Å²) in [6.07, 6.45) is 1.63. The van der Waals surface area contributed by atoms with E-state index in [-0.39, 0.29) is 60.8 Å². The molecule has 22 nitrogen and oxygen atoms in total. The van der Waals surface area contributed by atoms with Gasteiger partial charge in [0.1, 0.15) is 48.3 Å². The Hall–Kier alpha value is -5.81. The summed E-state index contributed by atoms with van der Waals surface area (Å²) in [5.74, 6) is -7.57. The number of rotatable bonds is 12. The van der Waals surface area contributed by atoms with Crippen molar-refractivity contribution in [3.05, 3.63) is 35.9 Å². The highest BCUT2D eigenvalue weighted by Crippen LogP contribution is 2.22. The number of carbonyl (C=O) groups excluding carboxylic acids is 10. The molecular formula is C58H104N10O12S. The Morgan fingerprint density at radius 1 is 0.691 bits per heavy atom. The Balaban J connectivity index is 0. The van der Waals surface area contributed by atoms with E-state index < -0.39 is 126 Å². The number of carbonyl (C=O) groups is 10. The number of likely N-dealkylation sites (tertiary alicyclic amines) is 1. The molecule has 2 saturated heterocycles. The zero-order valence-electron chi connectivity index (χ0n) is 51.0. The number of ether oxygens (including phenoxy) is 1. The van der Waals surface area contributed by atoms with Gasteiger partial charge in [0.05, 0.1) is 30.6 Å². The zero-order chi connectivity index (χ0) is 61.2. The van der Waals surface area contributed by atoms with E-state index in [0.717, 1.165) is 35.9 Å². The number of nitrogens with zero attached hydrogens (tertiary/aromatic N) is 6. The number of amides is 10. The first kappa shape index (κ1) is 69.5. The van der Waals surface area contributed by atoms with E-state index in [0.29, 0.717) is 25.1 Å². The third-order valence-electron chi connectivity index (χ3n) is 15.0. The van der Waals surface area contributed by atoms with Gasteiger partial charge in [-0.2, -0.15) is 0 Å². The van der Waals surface area contributed by atoms with Crippen molar-refractivity contribution in [2.24, 2.45) is 17.8 Å². The Morgan fingerprint density at radius 3 is 1.78 bits per heavy atom. The third kappa shape index (κ3) is 20.8. The summed E-state index contributed by atoms with van der Waals surface area (Å²) >= 11 is 1.08. The smallest absolute Gasteiger partial charge is 0.248 e. The highest BCUT2D eigenvalue weighted by atomic mass is 32.2. The Bertz CT molecular complexity index is 2330. The summed E-state index contributed by atoms with van der Waals surface area (Å²) in [6, 6.07) is -1.15. The van der Waals surface area contributed by atoms with Crippen LogP contribution in [0.25, 0.3) is 0 Å². The Morgan fingerprint density at radius 2 is 1.23 bits per heavy atom. The lowest BCUT2D eigenvalue weighted by Gasteiger charge is -2.37. The number of aliphatic hydroxyl groups excluding tert-OH is 1. The first-order valence-electron chi connectivity index (χ1n) is 28.5. The number of thioether (sulfide) groups is 1. The first-order chi connectivity index (χ1) is 37.8. The van der Waals surface area contributed by atoms with Gasteiger partial charge in [-0.25, -0.2) is 0 Å². The number of piperidine rings is 1. The number of aliphatic hydroxyl groups is 1. The number of benzene rings is 1. The van der Waals surface area contributed by atoms with Crippen molar-refractivity contribution in [1.82, 2.24) is 50.7 Å². The van der Waals surface area contributed by atoms with Crippen LogP contribution in [0.4, 0.5) is 0 Å². The maximum atomic E-state index is 14.9. The molecule has 0 aromatic heterocycles. The highest BCUT2D eigenvalue weighted by molar-refractivity contribution is 8.00. The van der Waals surface area contributed by atoms with Gasteiger partial charge in [0.2, 0.25) is 59.1 Å². The fraction of sp³-hybridized carbons (Fsp3) is 0.724. The molecule has 1 aromatic carbocycles. The van der Waals surface area contributed by atoms with Crippen LogP contribution in [0.1, 0.15) is 126 Å². The van der Waals surface area contributed by atoms with Gasteiger partial charge in [0.25, 0.3) is 0 Å². The van der Waals surface area contributed by atoms with Crippen LogP contribution in [0.2, 0.25) is 0 Å². The predicted octanol–water partition coefficient (Wildman–Crippen LogP) is 3.03. The zero-order valence-corrected chi connectivity index (χ0v) is 51.9. The SMILES string of the molecule is CC[C@H](C)[C@H]1C(=O)N[C@H](C(=O)N2CCCCC2)CSCC(=O)N(C)[C@@H](C)C(=O)N[C@@H](Cc2ccccc2)C(=O)N(C)[C@@H](CC(C)C)C(=O)N[C@@H]([C@@H](C)O)C(=O)N(C)CC(=O)N(C)[C@@H](CC(C)C)C(=O)N[C@@H](COC(C)(C)C)C(=O)N1C.[HH].[HH].[HH].[HH]. The second kappa shape index (κ2) is 32.1. The van der Waals surface area contributed by atoms with E-state index >= 15 is 0 Å². The van der Waals surface area contributed by atoms with Gasteiger partial charge in [-0.3, -0.25) is 47.9 Å². The molecule has 0 bridgehead atoms. The van der Waals surface area contributed by atoms with Crippen LogP contribution in [0.5, 0.6) is 0 Å². The van der Waals surface area contributed by atoms with E-state index in [1.807, 2.05) is 34.6 Å². The van der Waals surface area contributed by atoms with Crippen molar-refractivity contribution < 1.29 is 63.5 Å². The summed E-state index contributed by atoms with van der Waals surface area (Å²) in [7, 11) is 7.00. The van der Waals surface area contributed by atoms with Crippen molar-refractivity contribution in [2.45, 2.75) is 181 Å². The van der Waals surface area contributed by atoms with Crippen molar-refractivity contribution in [3.8, 4) is 0 Å².